The van der Waals surface area contributed by atoms with Gasteiger partial charge in [-0.2, -0.15) is 0 Å². The number of unbranched alkanes of at least 4 members (excludes halogenated alkanes) is 1. The highest BCUT2D eigenvalue weighted by atomic mass is 16.5. The molecule has 0 aromatic carbocycles. The van der Waals surface area contributed by atoms with Crippen molar-refractivity contribution in [2.75, 3.05) is 6.61 Å². The third kappa shape index (κ3) is 2.89. The zero-order valence-electron chi connectivity index (χ0n) is 8.91. The molecular formula is C10H20O5. The van der Waals surface area contributed by atoms with Crippen LogP contribution in [0.2, 0.25) is 0 Å². The minimum Gasteiger partial charge on any atom is -0.394 e. The van der Waals surface area contributed by atoms with Gasteiger partial charge in [0.25, 0.3) is 0 Å². The third-order valence-corrected chi connectivity index (χ3v) is 2.83. The number of hydrogen-bond acceptors (Lipinski definition) is 5. The highest BCUT2D eigenvalue weighted by molar-refractivity contribution is 4.91. The van der Waals surface area contributed by atoms with Crippen LogP contribution in [0, 0.1) is 0 Å². The third-order valence-electron chi connectivity index (χ3n) is 2.83. The van der Waals surface area contributed by atoms with E-state index < -0.39 is 30.5 Å². The van der Waals surface area contributed by atoms with Gasteiger partial charge in [0.15, 0.2) is 0 Å². The van der Waals surface area contributed by atoms with Gasteiger partial charge in [0, 0.05) is 0 Å². The Morgan fingerprint density at radius 3 is 2.13 bits per heavy atom. The lowest BCUT2D eigenvalue weighted by Gasteiger charge is -2.40. The minimum absolute atomic E-state index is 0.354. The number of aliphatic hydroxyl groups excluding tert-OH is 4. The van der Waals surface area contributed by atoms with E-state index in [1.54, 1.807) is 0 Å². The Morgan fingerprint density at radius 1 is 1.00 bits per heavy atom. The second-order valence-corrected chi connectivity index (χ2v) is 4.01. The van der Waals surface area contributed by atoms with Crippen LogP contribution >= 0.6 is 0 Å². The molecule has 1 aliphatic heterocycles. The Hall–Kier alpha value is -0.200. The first-order valence-electron chi connectivity index (χ1n) is 5.42. The fourth-order valence-corrected chi connectivity index (χ4v) is 1.82. The van der Waals surface area contributed by atoms with E-state index in [1.807, 2.05) is 6.92 Å². The molecule has 15 heavy (non-hydrogen) atoms. The fourth-order valence-electron chi connectivity index (χ4n) is 1.82. The van der Waals surface area contributed by atoms with Crippen LogP contribution in [0.5, 0.6) is 0 Å². The first kappa shape index (κ1) is 12.9. The summed E-state index contributed by atoms with van der Waals surface area (Å²) in [6.07, 6.45) is -2.36. The van der Waals surface area contributed by atoms with Crippen LogP contribution in [0.15, 0.2) is 0 Å². The molecule has 1 aliphatic rings. The van der Waals surface area contributed by atoms with Crippen molar-refractivity contribution >= 4 is 0 Å². The molecule has 0 aromatic heterocycles. The van der Waals surface area contributed by atoms with Crippen LogP contribution < -0.4 is 0 Å². The molecule has 0 aliphatic carbocycles. The molecular weight excluding hydrogens is 200 g/mol. The van der Waals surface area contributed by atoms with Crippen molar-refractivity contribution in [1.82, 2.24) is 0 Å². The molecule has 1 saturated heterocycles. The van der Waals surface area contributed by atoms with Gasteiger partial charge in [-0.15, -0.1) is 0 Å². The Kier molecular flexibility index (Phi) is 4.95. The van der Waals surface area contributed by atoms with Crippen molar-refractivity contribution in [2.45, 2.75) is 56.7 Å². The quantitative estimate of drug-likeness (QED) is 0.489. The molecule has 0 radical (unpaired) electrons. The molecule has 90 valence electrons. The number of rotatable bonds is 4. The van der Waals surface area contributed by atoms with Gasteiger partial charge in [0.1, 0.15) is 24.4 Å². The normalized spacial score (nSPS) is 41.8. The molecule has 0 aromatic rings. The van der Waals surface area contributed by atoms with E-state index >= 15 is 0 Å². The summed E-state index contributed by atoms with van der Waals surface area (Å²) in [5, 5.41) is 37.5. The summed E-state index contributed by atoms with van der Waals surface area (Å²) in [6, 6.07) is 0. The van der Waals surface area contributed by atoms with Crippen LogP contribution in [-0.2, 0) is 4.74 Å². The van der Waals surface area contributed by atoms with Crippen LogP contribution in [-0.4, -0.2) is 57.6 Å². The van der Waals surface area contributed by atoms with Gasteiger partial charge >= 0.3 is 0 Å². The Morgan fingerprint density at radius 2 is 1.60 bits per heavy atom. The molecule has 0 saturated carbocycles. The maximum atomic E-state index is 9.63. The van der Waals surface area contributed by atoms with E-state index in [0.717, 1.165) is 12.8 Å². The van der Waals surface area contributed by atoms with Gasteiger partial charge in [-0.05, 0) is 6.42 Å². The van der Waals surface area contributed by atoms with Crippen molar-refractivity contribution in [3.63, 3.8) is 0 Å². The summed E-state index contributed by atoms with van der Waals surface area (Å²) in [6.45, 7) is 1.66. The molecule has 0 spiro atoms. The maximum Gasteiger partial charge on any atom is 0.111 e. The van der Waals surface area contributed by atoms with Crippen LogP contribution in [0.4, 0.5) is 0 Å². The summed E-state index contributed by atoms with van der Waals surface area (Å²) in [5.74, 6) is 0. The molecule has 5 atom stereocenters. The Balaban J connectivity index is 2.57. The van der Waals surface area contributed by atoms with Crippen LogP contribution in [0.1, 0.15) is 26.2 Å². The maximum absolute atomic E-state index is 9.63. The van der Waals surface area contributed by atoms with Gasteiger partial charge in [-0.1, -0.05) is 19.8 Å². The second-order valence-electron chi connectivity index (χ2n) is 4.01. The van der Waals surface area contributed by atoms with E-state index in [0.29, 0.717) is 6.42 Å². The monoisotopic (exact) mass is 220 g/mol. The summed E-state index contributed by atoms with van der Waals surface area (Å²) in [5.41, 5.74) is 0. The molecule has 4 N–H and O–H groups in total. The molecule has 0 amide bonds. The van der Waals surface area contributed by atoms with E-state index in [1.165, 1.54) is 0 Å². The molecule has 1 rings (SSSR count). The van der Waals surface area contributed by atoms with E-state index in [4.69, 9.17) is 9.84 Å². The summed E-state index contributed by atoms with van der Waals surface area (Å²) < 4.78 is 5.32. The van der Waals surface area contributed by atoms with Crippen molar-refractivity contribution in [3.8, 4) is 0 Å². The first-order valence-corrected chi connectivity index (χ1v) is 5.42. The number of ether oxygens (including phenoxy) is 1. The highest BCUT2D eigenvalue weighted by Gasteiger charge is 2.42. The zero-order valence-corrected chi connectivity index (χ0v) is 8.91. The highest BCUT2D eigenvalue weighted by Crippen LogP contribution is 2.24. The SMILES string of the molecule is CCCCC1O[C@H](CO)[C@@H](O)[C@H](O)[C@H]1O. The van der Waals surface area contributed by atoms with Gasteiger partial charge < -0.3 is 25.2 Å². The molecule has 1 fully saturated rings. The Bertz CT molecular complexity index is 185. The zero-order chi connectivity index (χ0) is 11.4. The fraction of sp³-hybridized carbons (Fsp3) is 1.00. The summed E-state index contributed by atoms with van der Waals surface area (Å²) in [7, 11) is 0. The van der Waals surface area contributed by atoms with E-state index in [-0.39, 0.29) is 6.61 Å². The average Bonchev–Trinajstić information content (AvgIpc) is 2.25. The Labute approximate surface area is 89.3 Å². The van der Waals surface area contributed by atoms with E-state index in [9.17, 15) is 15.3 Å². The van der Waals surface area contributed by atoms with E-state index in [2.05, 4.69) is 0 Å². The van der Waals surface area contributed by atoms with Crippen LogP contribution in [0.3, 0.4) is 0 Å². The lowest BCUT2D eigenvalue weighted by Crippen LogP contribution is -2.58. The topological polar surface area (TPSA) is 90.2 Å². The largest absolute Gasteiger partial charge is 0.394 e. The van der Waals surface area contributed by atoms with Crippen molar-refractivity contribution < 1.29 is 25.2 Å². The predicted molar refractivity (Wildman–Crippen MR) is 53.3 cm³/mol. The molecule has 5 nitrogen and oxygen atoms in total. The van der Waals surface area contributed by atoms with Gasteiger partial charge in [0.05, 0.1) is 12.7 Å². The number of hydrogen-bond donors (Lipinski definition) is 4. The summed E-state index contributed by atoms with van der Waals surface area (Å²) >= 11 is 0. The van der Waals surface area contributed by atoms with Gasteiger partial charge in [-0.3, -0.25) is 0 Å². The van der Waals surface area contributed by atoms with Crippen molar-refractivity contribution in [1.29, 1.82) is 0 Å². The smallest absolute Gasteiger partial charge is 0.111 e. The van der Waals surface area contributed by atoms with Crippen LogP contribution in [0.25, 0.3) is 0 Å². The van der Waals surface area contributed by atoms with Gasteiger partial charge in [0.2, 0.25) is 0 Å². The average molecular weight is 220 g/mol. The van der Waals surface area contributed by atoms with Crippen molar-refractivity contribution in [2.24, 2.45) is 0 Å². The molecule has 1 heterocycles. The van der Waals surface area contributed by atoms with Gasteiger partial charge in [-0.25, -0.2) is 0 Å². The lowest BCUT2D eigenvalue weighted by molar-refractivity contribution is -0.230. The first-order chi connectivity index (χ1) is 7.11. The summed E-state index contributed by atoms with van der Waals surface area (Å²) in [4.78, 5) is 0. The molecule has 5 heteroatoms. The number of aliphatic hydroxyl groups is 4. The molecule has 0 bridgehead atoms. The standard InChI is InChI=1S/C10H20O5/c1-2-3-4-6-8(12)10(14)9(13)7(5-11)15-6/h6-14H,2-5H2,1H3/t6?,7-,8+,9-,10-/m1/s1. The van der Waals surface area contributed by atoms with Crippen molar-refractivity contribution in [3.05, 3.63) is 0 Å². The predicted octanol–water partition coefficient (Wildman–Crippen LogP) is -0.981. The molecule has 1 unspecified atom stereocenters. The second kappa shape index (κ2) is 5.77. The lowest BCUT2D eigenvalue weighted by atomic mass is 9.92. The minimum atomic E-state index is -1.24.